The lowest BCUT2D eigenvalue weighted by Crippen LogP contribution is -2.38. The third-order valence-electron chi connectivity index (χ3n) is 3.70. The zero-order chi connectivity index (χ0) is 18.6. The molecule has 5 nitrogen and oxygen atoms in total. The molecule has 0 fully saturated rings. The summed E-state index contributed by atoms with van der Waals surface area (Å²) in [6.45, 7) is -1.49. The number of aromatic amines is 1. The third kappa shape index (κ3) is 4.27. The summed E-state index contributed by atoms with van der Waals surface area (Å²) in [4.78, 5) is 17.7. The van der Waals surface area contributed by atoms with Gasteiger partial charge >= 0.3 is 6.18 Å². The zero-order valence-corrected chi connectivity index (χ0v) is 13.6. The molecule has 1 N–H and O–H groups in total. The number of H-pyrrole nitrogens is 1. The zero-order valence-electron chi connectivity index (χ0n) is 13.6. The Kier molecular flexibility index (Phi) is 5.01. The highest BCUT2D eigenvalue weighted by Gasteiger charge is 2.34. The largest absolute Gasteiger partial charge is 0.406 e. The lowest BCUT2D eigenvalue weighted by atomic mass is 10.1. The van der Waals surface area contributed by atoms with E-state index in [1.165, 1.54) is 12.4 Å². The molecular weight excluding hydrogens is 345 g/mol. The molecule has 1 heterocycles. The van der Waals surface area contributed by atoms with Gasteiger partial charge in [0.1, 0.15) is 12.9 Å². The summed E-state index contributed by atoms with van der Waals surface area (Å²) in [5.41, 5.74) is 1.14. The van der Waals surface area contributed by atoms with Crippen molar-refractivity contribution < 1.29 is 18.0 Å². The molecule has 0 radical (unpaired) electrons. The number of carbonyl (C=O) groups excluding carboxylic acids is 1. The summed E-state index contributed by atoms with van der Waals surface area (Å²) >= 11 is 0. The van der Waals surface area contributed by atoms with Crippen molar-refractivity contribution in [3.8, 4) is 11.4 Å². The van der Waals surface area contributed by atoms with Gasteiger partial charge in [-0.1, -0.05) is 48.5 Å². The molecule has 26 heavy (non-hydrogen) atoms. The average molecular weight is 360 g/mol. The lowest BCUT2D eigenvalue weighted by molar-refractivity contribution is -0.141. The van der Waals surface area contributed by atoms with Crippen LogP contribution in [-0.4, -0.2) is 38.7 Å². The van der Waals surface area contributed by atoms with E-state index >= 15 is 0 Å². The fraction of sp³-hybridized carbons (Fsp3) is 0.167. The van der Waals surface area contributed by atoms with Gasteiger partial charge < -0.3 is 4.90 Å². The number of benzene rings is 2. The van der Waals surface area contributed by atoms with Gasteiger partial charge in [0.05, 0.1) is 5.56 Å². The molecule has 0 spiro atoms. The maximum atomic E-state index is 13.0. The van der Waals surface area contributed by atoms with Gasteiger partial charge in [0.15, 0.2) is 5.82 Å². The number of nitrogens with one attached hydrogen (secondary N) is 1. The van der Waals surface area contributed by atoms with E-state index in [1.54, 1.807) is 48.5 Å². The maximum absolute atomic E-state index is 13.0. The normalized spacial score (nSPS) is 11.3. The second-order valence-electron chi connectivity index (χ2n) is 5.64. The highest BCUT2D eigenvalue weighted by molar-refractivity contribution is 6.00. The fourth-order valence-electron chi connectivity index (χ4n) is 2.60. The summed E-state index contributed by atoms with van der Waals surface area (Å²) in [6.07, 6.45) is -3.24. The maximum Gasteiger partial charge on any atom is 0.406 e. The Morgan fingerprint density at radius 3 is 2.38 bits per heavy atom. The number of hydrogen-bond donors (Lipinski definition) is 1. The van der Waals surface area contributed by atoms with Crippen LogP contribution in [-0.2, 0) is 6.54 Å². The molecule has 3 aromatic rings. The number of carbonyl (C=O) groups is 1. The topological polar surface area (TPSA) is 61.9 Å². The number of rotatable bonds is 5. The van der Waals surface area contributed by atoms with Crippen LogP contribution in [0.4, 0.5) is 13.2 Å². The van der Waals surface area contributed by atoms with E-state index in [-0.39, 0.29) is 12.1 Å². The van der Waals surface area contributed by atoms with Crippen LogP contribution < -0.4 is 0 Å². The molecule has 3 rings (SSSR count). The van der Waals surface area contributed by atoms with Gasteiger partial charge in [-0.05, 0) is 11.6 Å². The van der Waals surface area contributed by atoms with E-state index in [0.717, 1.165) is 4.90 Å². The van der Waals surface area contributed by atoms with E-state index < -0.39 is 18.6 Å². The molecule has 8 heteroatoms. The lowest BCUT2D eigenvalue weighted by Gasteiger charge is -2.25. The van der Waals surface area contributed by atoms with Crippen molar-refractivity contribution >= 4 is 5.91 Å². The summed E-state index contributed by atoms with van der Waals surface area (Å²) in [5, 5.41) is 6.36. The smallest absolute Gasteiger partial charge is 0.325 e. The Morgan fingerprint density at radius 1 is 1.04 bits per heavy atom. The molecular formula is C18H15F3N4O. The van der Waals surface area contributed by atoms with Crippen LogP contribution in [0.25, 0.3) is 11.4 Å². The standard InChI is InChI=1S/C18H15F3N4O/c19-18(20,21)11-25(10-13-6-2-1-3-7-13)17(26)15-9-5-4-8-14(15)16-22-12-23-24-16/h1-9,12H,10-11H2,(H,22,23,24). The van der Waals surface area contributed by atoms with Crippen molar-refractivity contribution in [2.24, 2.45) is 0 Å². The number of nitrogens with zero attached hydrogens (tertiary/aromatic N) is 3. The van der Waals surface area contributed by atoms with Gasteiger partial charge in [-0.2, -0.15) is 18.3 Å². The molecule has 0 bridgehead atoms. The van der Waals surface area contributed by atoms with Crippen LogP contribution >= 0.6 is 0 Å². The third-order valence-corrected chi connectivity index (χ3v) is 3.70. The molecule has 0 atom stereocenters. The minimum atomic E-state index is -4.51. The van der Waals surface area contributed by atoms with E-state index in [9.17, 15) is 18.0 Å². The van der Waals surface area contributed by atoms with Crippen molar-refractivity contribution in [1.29, 1.82) is 0 Å². The highest BCUT2D eigenvalue weighted by Crippen LogP contribution is 2.24. The van der Waals surface area contributed by atoms with Crippen LogP contribution in [0.1, 0.15) is 15.9 Å². The SMILES string of the molecule is O=C(c1ccccc1-c1ncn[nH]1)N(Cc1ccccc1)CC(F)(F)F. The number of aromatic nitrogens is 3. The van der Waals surface area contributed by atoms with Crippen molar-refractivity contribution in [2.45, 2.75) is 12.7 Å². The van der Waals surface area contributed by atoms with Crippen LogP contribution in [0, 0.1) is 0 Å². The number of alkyl halides is 3. The van der Waals surface area contributed by atoms with E-state index in [4.69, 9.17) is 0 Å². The Bertz CT molecular complexity index is 864. The first-order chi connectivity index (χ1) is 12.4. The van der Waals surface area contributed by atoms with Crippen molar-refractivity contribution in [3.63, 3.8) is 0 Å². The monoisotopic (exact) mass is 360 g/mol. The van der Waals surface area contributed by atoms with Gasteiger partial charge in [-0.25, -0.2) is 4.98 Å². The Morgan fingerprint density at radius 2 is 1.73 bits per heavy atom. The Hall–Kier alpha value is -3.16. The Balaban J connectivity index is 1.95. The number of amides is 1. The Labute approximate surface area is 147 Å². The van der Waals surface area contributed by atoms with E-state index in [0.29, 0.717) is 17.0 Å². The number of hydrogen-bond acceptors (Lipinski definition) is 3. The summed E-state index contributed by atoms with van der Waals surface area (Å²) in [5.74, 6) is -0.404. The summed E-state index contributed by atoms with van der Waals surface area (Å²) < 4.78 is 39.1. The quantitative estimate of drug-likeness (QED) is 0.755. The van der Waals surface area contributed by atoms with Crippen molar-refractivity contribution in [2.75, 3.05) is 6.54 Å². The average Bonchev–Trinajstić information content (AvgIpc) is 3.15. The van der Waals surface area contributed by atoms with Crippen molar-refractivity contribution in [3.05, 3.63) is 72.1 Å². The van der Waals surface area contributed by atoms with Crippen molar-refractivity contribution in [1.82, 2.24) is 20.1 Å². The predicted molar refractivity (Wildman–Crippen MR) is 89.1 cm³/mol. The summed E-state index contributed by atoms with van der Waals surface area (Å²) in [6, 6.07) is 14.9. The molecule has 0 aliphatic rings. The van der Waals surface area contributed by atoms with Gasteiger partial charge in [-0.15, -0.1) is 0 Å². The van der Waals surface area contributed by atoms with Crippen LogP contribution in [0.15, 0.2) is 60.9 Å². The fourth-order valence-corrected chi connectivity index (χ4v) is 2.60. The van der Waals surface area contributed by atoms with Crippen LogP contribution in [0.2, 0.25) is 0 Å². The summed E-state index contributed by atoms with van der Waals surface area (Å²) in [7, 11) is 0. The van der Waals surface area contributed by atoms with Gasteiger partial charge in [-0.3, -0.25) is 9.89 Å². The minimum Gasteiger partial charge on any atom is -0.325 e. The molecule has 0 aliphatic heterocycles. The molecule has 134 valence electrons. The highest BCUT2D eigenvalue weighted by atomic mass is 19.4. The molecule has 0 saturated carbocycles. The second kappa shape index (κ2) is 7.38. The van der Waals surface area contributed by atoms with E-state index in [2.05, 4.69) is 15.2 Å². The first kappa shape index (κ1) is 17.7. The molecule has 0 unspecified atom stereocenters. The van der Waals surface area contributed by atoms with E-state index in [1.807, 2.05) is 0 Å². The van der Waals surface area contributed by atoms with Gasteiger partial charge in [0.2, 0.25) is 0 Å². The molecule has 2 aromatic carbocycles. The second-order valence-corrected chi connectivity index (χ2v) is 5.64. The predicted octanol–water partition coefficient (Wildman–Crippen LogP) is 3.68. The number of halogens is 3. The van der Waals surface area contributed by atoms with Crippen LogP contribution in [0.5, 0.6) is 0 Å². The van der Waals surface area contributed by atoms with Crippen LogP contribution in [0.3, 0.4) is 0 Å². The molecule has 0 saturated heterocycles. The van der Waals surface area contributed by atoms with Gasteiger partial charge in [0.25, 0.3) is 5.91 Å². The molecule has 1 aromatic heterocycles. The first-order valence-electron chi connectivity index (χ1n) is 7.79. The van der Waals surface area contributed by atoms with Gasteiger partial charge in [0, 0.05) is 12.1 Å². The molecule has 0 aliphatic carbocycles. The minimum absolute atomic E-state index is 0.129. The molecule has 1 amide bonds. The first-order valence-corrected chi connectivity index (χ1v) is 7.79.